The number of ether oxygens (including phenoxy) is 1. The average molecular weight is 305 g/mol. The Morgan fingerprint density at radius 1 is 1.21 bits per heavy atom. The lowest BCUT2D eigenvalue weighted by molar-refractivity contribution is 0.222. The highest BCUT2D eigenvalue weighted by atomic mass is 35.5. The smallest absolute Gasteiger partial charge is 0.141 e. The van der Waals surface area contributed by atoms with Crippen molar-refractivity contribution < 1.29 is 4.74 Å². The topological polar surface area (TPSA) is 38.5 Å². The van der Waals surface area contributed by atoms with E-state index in [-0.39, 0.29) is 0 Å². The van der Waals surface area contributed by atoms with Crippen LogP contribution >= 0.6 is 23.2 Å². The number of hydrogen-bond donors (Lipinski definition) is 1. The van der Waals surface area contributed by atoms with Gasteiger partial charge in [0.25, 0.3) is 0 Å². The Kier molecular flexibility index (Phi) is 7.54. The number of rotatable bonds is 8. The number of hydrogen-bond acceptors (Lipinski definition) is 3. The highest BCUT2D eigenvalue weighted by Gasteiger charge is 2.11. The van der Waals surface area contributed by atoms with E-state index >= 15 is 0 Å². The molecule has 0 saturated carbocycles. The second-order valence-corrected chi connectivity index (χ2v) is 5.13. The molecule has 0 aliphatic rings. The van der Waals surface area contributed by atoms with Gasteiger partial charge in [0.1, 0.15) is 12.4 Å². The van der Waals surface area contributed by atoms with Gasteiger partial charge in [0.05, 0.1) is 5.02 Å². The van der Waals surface area contributed by atoms with Gasteiger partial charge in [0, 0.05) is 11.6 Å². The predicted molar refractivity (Wildman–Crippen MR) is 82.5 cm³/mol. The summed E-state index contributed by atoms with van der Waals surface area (Å²) in [6.07, 6.45) is 0.709. The van der Waals surface area contributed by atoms with Crippen LogP contribution in [-0.4, -0.2) is 37.7 Å². The molecule has 19 heavy (non-hydrogen) atoms. The summed E-state index contributed by atoms with van der Waals surface area (Å²) in [4.78, 5) is 2.30. The van der Waals surface area contributed by atoms with E-state index in [4.69, 9.17) is 33.7 Å². The van der Waals surface area contributed by atoms with E-state index in [9.17, 15) is 0 Å². The molecule has 0 atom stereocenters. The molecule has 0 bridgehead atoms. The van der Waals surface area contributed by atoms with Crippen LogP contribution < -0.4 is 10.5 Å². The third kappa shape index (κ3) is 5.19. The van der Waals surface area contributed by atoms with E-state index in [0.717, 1.165) is 25.2 Å². The number of likely N-dealkylation sites (N-methyl/N-ethyl adjacent to an activating group) is 1. The zero-order valence-electron chi connectivity index (χ0n) is 11.6. The Hall–Kier alpha value is -0.480. The van der Waals surface area contributed by atoms with E-state index in [1.165, 1.54) is 0 Å². The van der Waals surface area contributed by atoms with Crippen molar-refractivity contribution in [2.75, 3.05) is 32.8 Å². The molecule has 0 unspecified atom stereocenters. The van der Waals surface area contributed by atoms with Crippen LogP contribution in [0.3, 0.4) is 0 Å². The van der Waals surface area contributed by atoms with Gasteiger partial charge in [-0.2, -0.15) is 0 Å². The molecule has 0 saturated heterocycles. The molecule has 0 amide bonds. The third-order valence-corrected chi connectivity index (χ3v) is 3.55. The van der Waals surface area contributed by atoms with Crippen molar-refractivity contribution in [3.63, 3.8) is 0 Å². The molecular formula is C14H22Cl2N2O. The number of nitrogens with zero attached hydrogens (tertiary/aromatic N) is 1. The Labute approximate surface area is 125 Å². The number of halogens is 2. The van der Waals surface area contributed by atoms with Crippen LogP contribution in [0.5, 0.6) is 5.75 Å². The van der Waals surface area contributed by atoms with Gasteiger partial charge in [-0.15, -0.1) is 0 Å². The molecule has 108 valence electrons. The molecule has 2 N–H and O–H groups in total. The first-order chi connectivity index (χ1) is 9.12. The average Bonchev–Trinajstić information content (AvgIpc) is 2.37. The van der Waals surface area contributed by atoms with E-state index in [2.05, 4.69) is 18.7 Å². The molecule has 1 aromatic rings. The standard InChI is InChI=1S/C14H22Cl2N2O/c1-3-18(4-2)7-8-19-14-11(5-6-17)9-12(15)10-13(14)16/h9-10H,3-8,17H2,1-2H3. The van der Waals surface area contributed by atoms with Gasteiger partial charge in [-0.3, -0.25) is 0 Å². The lowest BCUT2D eigenvalue weighted by Gasteiger charge is -2.19. The van der Waals surface area contributed by atoms with Gasteiger partial charge in [-0.1, -0.05) is 37.0 Å². The molecule has 3 nitrogen and oxygen atoms in total. The van der Waals surface area contributed by atoms with E-state index in [1.807, 2.05) is 6.07 Å². The molecule has 0 aliphatic heterocycles. The largest absolute Gasteiger partial charge is 0.490 e. The van der Waals surface area contributed by atoms with Crippen molar-refractivity contribution in [3.05, 3.63) is 27.7 Å². The lowest BCUT2D eigenvalue weighted by atomic mass is 10.1. The minimum absolute atomic E-state index is 0.545. The molecule has 0 fully saturated rings. The van der Waals surface area contributed by atoms with Gasteiger partial charge >= 0.3 is 0 Å². The first-order valence-electron chi connectivity index (χ1n) is 6.65. The van der Waals surface area contributed by atoms with E-state index in [1.54, 1.807) is 6.07 Å². The predicted octanol–water partition coefficient (Wildman–Crippen LogP) is 3.22. The van der Waals surface area contributed by atoms with Gasteiger partial charge in [0.15, 0.2) is 0 Å². The maximum absolute atomic E-state index is 6.19. The van der Waals surface area contributed by atoms with Gasteiger partial charge in [0.2, 0.25) is 0 Å². The maximum Gasteiger partial charge on any atom is 0.141 e. The fraction of sp³-hybridized carbons (Fsp3) is 0.571. The van der Waals surface area contributed by atoms with E-state index in [0.29, 0.717) is 35.4 Å². The molecule has 0 heterocycles. The summed E-state index contributed by atoms with van der Waals surface area (Å²) in [5, 5.41) is 1.17. The molecular weight excluding hydrogens is 283 g/mol. The molecule has 5 heteroatoms. The van der Waals surface area contributed by atoms with Crippen LogP contribution in [-0.2, 0) is 6.42 Å². The highest BCUT2D eigenvalue weighted by molar-refractivity contribution is 6.35. The summed E-state index contributed by atoms with van der Waals surface area (Å²) in [6.45, 7) is 8.35. The summed E-state index contributed by atoms with van der Waals surface area (Å²) in [5.41, 5.74) is 6.57. The SMILES string of the molecule is CCN(CC)CCOc1c(Cl)cc(Cl)cc1CCN. The van der Waals surface area contributed by atoms with Crippen LogP contribution in [0, 0.1) is 0 Å². The van der Waals surface area contributed by atoms with E-state index < -0.39 is 0 Å². The Morgan fingerprint density at radius 2 is 1.89 bits per heavy atom. The monoisotopic (exact) mass is 304 g/mol. The van der Waals surface area contributed by atoms with Gasteiger partial charge in [-0.05, 0) is 43.8 Å². The number of nitrogens with two attached hydrogens (primary N) is 1. The van der Waals surface area contributed by atoms with Gasteiger partial charge in [-0.25, -0.2) is 0 Å². The zero-order valence-corrected chi connectivity index (χ0v) is 13.1. The van der Waals surface area contributed by atoms with Crippen LogP contribution in [0.4, 0.5) is 0 Å². The normalized spacial score (nSPS) is 11.1. The molecule has 1 rings (SSSR count). The molecule has 0 spiro atoms. The van der Waals surface area contributed by atoms with Gasteiger partial charge < -0.3 is 15.4 Å². The van der Waals surface area contributed by atoms with Crippen LogP contribution in [0.1, 0.15) is 19.4 Å². The maximum atomic E-state index is 6.19. The van der Waals surface area contributed by atoms with Crippen molar-refractivity contribution in [3.8, 4) is 5.75 Å². The summed E-state index contributed by atoms with van der Waals surface area (Å²) in [5.74, 6) is 0.712. The number of benzene rings is 1. The van der Waals surface area contributed by atoms with Crippen LogP contribution in [0.2, 0.25) is 10.0 Å². The molecule has 0 aliphatic carbocycles. The minimum Gasteiger partial charge on any atom is -0.490 e. The second kappa shape index (κ2) is 8.64. The molecule has 0 aromatic heterocycles. The Balaban J connectivity index is 2.71. The van der Waals surface area contributed by atoms with Crippen LogP contribution in [0.15, 0.2) is 12.1 Å². The van der Waals surface area contributed by atoms with Crippen molar-refractivity contribution in [2.45, 2.75) is 20.3 Å². The Bertz CT molecular complexity index is 395. The quantitative estimate of drug-likeness (QED) is 0.801. The zero-order chi connectivity index (χ0) is 14.3. The fourth-order valence-electron chi connectivity index (χ4n) is 1.93. The van der Waals surface area contributed by atoms with Crippen molar-refractivity contribution in [1.29, 1.82) is 0 Å². The first kappa shape index (κ1) is 16.6. The molecule has 1 aromatic carbocycles. The van der Waals surface area contributed by atoms with Crippen molar-refractivity contribution in [1.82, 2.24) is 4.90 Å². The van der Waals surface area contributed by atoms with Crippen molar-refractivity contribution >= 4 is 23.2 Å². The summed E-state index contributed by atoms with van der Waals surface area (Å²) in [6, 6.07) is 3.57. The summed E-state index contributed by atoms with van der Waals surface area (Å²) < 4.78 is 5.82. The minimum atomic E-state index is 0.545. The lowest BCUT2D eigenvalue weighted by Crippen LogP contribution is -2.28. The van der Waals surface area contributed by atoms with Crippen molar-refractivity contribution in [2.24, 2.45) is 5.73 Å². The fourth-order valence-corrected chi connectivity index (χ4v) is 2.52. The third-order valence-electron chi connectivity index (χ3n) is 3.05. The first-order valence-corrected chi connectivity index (χ1v) is 7.41. The Morgan fingerprint density at radius 3 is 2.47 bits per heavy atom. The highest BCUT2D eigenvalue weighted by Crippen LogP contribution is 2.32. The summed E-state index contributed by atoms with van der Waals surface area (Å²) in [7, 11) is 0. The van der Waals surface area contributed by atoms with Crippen LogP contribution in [0.25, 0.3) is 0 Å². The summed E-state index contributed by atoms with van der Waals surface area (Å²) >= 11 is 12.2. The molecule has 0 radical (unpaired) electrons. The second-order valence-electron chi connectivity index (χ2n) is 4.29.